The van der Waals surface area contributed by atoms with Gasteiger partial charge >= 0.3 is 11.9 Å². The lowest BCUT2D eigenvalue weighted by atomic mass is 9.64. The maximum absolute atomic E-state index is 13.6. The van der Waals surface area contributed by atoms with Gasteiger partial charge in [-0.1, -0.05) is 39.7 Å². The molecule has 8 nitrogen and oxygen atoms in total. The summed E-state index contributed by atoms with van der Waals surface area (Å²) in [5.41, 5.74) is 2.60. The molecule has 1 aromatic carbocycles. The number of rotatable bonds is 6. The molecule has 1 aromatic rings. The van der Waals surface area contributed by atoms with Gasteiger partial charge in [0.25, 0.3) is 11.8 Å². The summed E-state index contributed by atoms with van der Waals surface area (Å²) in [5.74, 6) is -3.29. The summed E-state index contributed by atoms with van der Waals surface area (Å²) in [7, 11) is 0. The first-order valence-electron chi connectivity index (χ1n) is 10.4. The SMILES string of the molecule is CCOC(=O)C(=CN1NC(=O)C2(CC=C(C)CC2c2ccc(Br)cc2)C1=O)C(=O)OCC. The molecule has 0 radical (unpaired) electrons. The predicted molar refractivity (Wildman–Crippen MR) is 119 cm³/mol. The maximum atomic E-state index is 13.6. The van der Waals surface area contributed by atoms with Gasteiger partial charge in [0, 0.05) is 10.4 Å². The van der Waals surface area contributed by atoms with Crippen LogP contribution in [0.1, 0.15) is 45.1 Å². The largest absolute Gasteiger partial charge is 0.462 e. The molecule has 2 unspecified atom stereocenters. The first-order valence-corrected chi connectivity index (χ1v) is 11.2. The third-order valence-electron chi connectivity index (χ3n) is 5.64. The zero-order chi connectivity index (χ0) is 23.5. The molecule has 2 aliphatic rings. The Morgan fingerprint density at radius 2 is 1.75 bits per heavy atom. The van der Waals surface area contributed by atoms with Crippen molar-refractivity contribution in [3.05, 3.63) is 57.7 Å². The average Bonchev–Trinajstić information content (AvgIpc) is 2.99. The Morgan fingerprint density at radius 3 is 2.31 bits per heavy atom. The summed E-state index contributed by atoms with van der Waals surface area (Å²) in [6, 6.07) is 7.50. The topological polar surface area (TPSA) is 102 Å². The number of hydrogen-bond acceptors (Lipinski definition) is 6. The molecule has 2 amide bonds. The van der Waals surface area contributed by atoms with Crippen LogP contribution in [0.2, 0.25) is 0 Å². The number of carbonyl (C=O) groups is 4. The first kappa shape index (κ1) is 23.7. The van der Waals surface area contributed by atoms with Gasteiger partial charge in [-0.15, -0.1) is 0 Å². The van der Waals surface area contributed by atoms with Crippen LogP contribution in [0.3, 0.4) is 0 Å². The van der Waals surface area contributed by atoms with Crippen molar-refractivity contribution in [2.24, 2.45) is 5.41 Å². The number of nitrogens with one attached hydrogen (secondary N) is 1. The van der Waals surface area contributed by atoms with Gasteiger partial charge in [0.1, 0.15) is 5.41 Å². The third-order valence-corrected chi connectivity index (χ3v) is 6.17. The number of ether oxygens (including phenoxy) is 2. The summed E-state index contributed by atoms with van der Waals surface area (Å²) >= 11 is 3.41. The summed E-state index contributed by atoms with van der Waals surface area (Å²) in [6.45, 7) is 5.23. The molecule has 0 aromatic heterocycles. The summed E-state index contributed by atoms with van der Waals surface area (Å²) < 4.78 is 10.7. The molecule has 1 heterocycles. The highest BCUT2D eigenvalue weighted by Gasteiger charge is 2.59. The highest BCUT2D eigenvalue weighted by atomic mass is 79.9. The fourth-order valence-electron chi connectivity index (χ4n) is 4.04. The second kappa shape index (κ2) is 9.68. The summed E-state index contributed by atoms with van der Waals surface area (Å²) in [4.78, 5) is 51.4. The van der Waals surface area contributed by atoms with Crippen LogP contribution in [-0.4, -0.2) is 42.0 Å². The molecule has 1 fully saturated rings. The smallest absolute Gasteiger partial charge is 0.347 e. The van der Waals surface area contributed by atoms with Crippen LogP contribution in [-0.2, 0) is 28.7 Å². The predicted octanol–water partition coefficient (Wildman–Crippen LogP) is 3.14. The Morgan fingerprint density at radius 1 is 1.16 bits per heavy atom. The van der Waals surface area contributed by atoms with Crippen molar-refractivity contribution < 1.29 is 28.7 Å². The maximum Gasteiger partial charge on any atom is 0.347 e. The molecular weight excluding hydrogens is 480 g/mol. The number of allylic oxidation sites excluding steroid dienone is 2. The van der Waals surface area contributed by atoms with E-state index in [1.807, 2.05) is 37.3 Å². The van der Waals surface area contributed by atoms with E-state index in [0.29, 0.717) is 6.42 Å². The molecule has 1 aliphatic carbocycles. The minimum absolute atomic E-state index is 0.0372. The normalized spacial score (nSPS) is 22.3. The van der Waals surface area contributed by atoms with E-state index in [2.05, 4.69) is 21.4 Å². The van der Waals surface area contributed by atoms with Crippen LogP contribution in [0.25, 0.3) is 0 Å². The number of nitrogens with zero attached hydrogens (tertiary/aromatic N) is 1. The molecule has 9 heteroatoms. The molecule has 3 rings (SSSR count). The lowest BCUT2D eigenvalue weighted by Crippen LogP contribution is -2.43. The standard InChI is InChI=1S/C23H25BrN2O6/c1-4-31-19(27)17(20(28)32-5-2)13-26-22(30)23(21(29)25-26)11-10-14(3)12-18(23)15-6-8-16(24)9-7-15/h6-10,13,18H,4-5,11-12H2,1-3H3,(H,25,29). The van der Waals surface area contributed by atoms with E-state index in [-0.39, 0.29) is 19.6 Å². The third kappa shape index (κ3) is 4.34. The molecular formula is C23H25BrN2O6. The Kier molecular flexibility index (Phi) is 7.18. The van der Waals surface area contributed by atoms with Gasteiger partial charge in [-0.05, 0) is 51.3 Å². The van der Waals surface area contributed by atoms with Crippen molar-refractivity contribution in [2.45, 2.75) is 39.5 Å². The van der Waals surface area contributed by atoms with Gasteiger partial charge in [0.2, 0.25) is 0 Å². The number of benzene rings is 1. The Balaban J connectivity index is 2.03. The van der Waals surface area contributed by atoms with Crippen molar-refractivity contribution in [2.75, 3.05) is 13.2 Å². The fraction of sp³-hybridized carbons (Fsp3) is 0.391. The van der Waals surface area contributed by atoms with E-state index >= 15 is 0 Å². The van der Waals surface area contributed by atoms with Gasteiger partial charge in [0.05, 0.1) is 19.4 Å². The van der Waals surface area contributed by atoms with E-state index in [9.17, 15) is 19.2 Å². The highest BCUT2D eigenvalue weighted by molar-refractivity contribution is 9.10. The Hall–Kier alpha value is -2.94. The second-order valence-corrected chi connectivity index (χ2v) is 8.55. The van der Waals surface area contributed by atoms with Crippen molar-refractivity contribution in [1.29, 1.82) is 0 Å². The molecule has 32 heavy (non-hydrogen) atoms. The lowest BCUT2D eigenvalue weighted by molar-refractivity contribution is -0.146. The number of hydrogen-bond donors (Lipinski definition) is 1. The van der Waals surface area contributed by atoms with Gasteiger partial charge in [-0.3, -0.25) is 15.0 Å². The van der Waals surface area contributed by atoms with E-state index in [1.54, 1.807) is 13.8 Å². The van der Waals surface area contributed by atoms with Crippen LogP contribution < -0.4 is 5.43 Å². The van der Waals surface area contributed by atoms with Crippen LogP contribution >= 0.6 is 15.9 Å². The van der Waals surface area contributed by atoms with Crippen molar-refractivity contribution in [3.8, 4) is 0 Å². The quantitative estimate of drug-likeness (QED) is 0.210. The molecule has 1 saturated heterocycles. The number of amides is 2. The monoisotopic (exact) mass is 504 g/mol. The minimum atomic E-state index is -1.39. The number of halogens is 1. The van der Waals surface area contributed by atoms with Crippen LogP contribution in [0, 0.1) is 5.41 Å². The van der Waals surface area contributed by atoms with Crippen LogP contribution in [0.4, 0.5) is 0 Å². The zero-order valence-corrected chi connectivity index (χ0v) is 19.7. The summed E-state index contributed by atoms with van der Waals surface area (Å²) in [6.07, 6.45) is 3.62. The average molecular weight is 505 g/mol. The number of carbonyl (C=O) groups excluding carboxylic acids is 4. The Labute approximate surface area is 194 Å². The van der Waals surface area contributed by atoms with Crippen LogP contribution in [0.5, 0.6) is 0 Å². The molecule has 0 bridgehead atoms. The van der Waals surface area contributed by atoms with Crippen molar-refractivity contribution >= 4 is 39.7 Å². The number of hydrazine groups is 1. The molecule has 1 spiro atoms. The molecule has 2 atom stereocenters. The minimum Gasteiger partial charge on any atom is -0.462 e. The van der Waals surface area contributed by atoms with Crippen molar-refractivity contribution in [3.63, 3.8) is 0 Å². The van der Waals surface area contributed by atoms with Gasteiger partial charge in [-0.2, -0.15) is 0 Å². The van der Waals surface area contributed by atoms with E-state index in [4.69, 9.17) is 9.47 Å². The molecule has 170 valence electrons. The lowest BCUT2D eigenvalue weighted by Gasteiger charge is -2.36. The summed E-state index contributed by atoms with van der Waals surface area (Å²) in [5, 5.41) is 0.909. The molecule has 1 N–H and O–H groups in total. The van der Waals surface area contributed by atoms with E-state index < -0.39 is 40.7 Å². The van der Waals surface area contributed by atoms with Crippen LogP contribution in [0.15, 0.2) is 52.2 Å². The highest BCUT2D eigenvalue weighted by Crippen LogP contribution is 2.50. The number of esters is 2. The van der Waals surface area contributed by atoms with Gasteiger partial charge in [-0.25, -0.2) is 14.6 Å². The zero-order valence-electron chi connectivity index (χ0n) is 18.1. The molecule has 1 aliphatic heterocycles. The first-order chi connectivity index (χ1) is 15.2. The van der Waals surface area contributed by atoms with Gasteiger partial charge in [0.15, 0.2) is 5.57 Å². The Bertz CT molecular complexity index is 980. The van der Waals surface area contributed by atoms with E-state index in [1.165, 1.54) is 0 Å². The molecule has 0 saturated carbocycles. The van der Waals surface area contributed by atoms with E-state index in [0.717, 1.165) is 26.8 Å². The van der Waals surface area contributed by atoms with Gasteiger partial charge < -0.3 is 9.47 Å². The second-order valence-electron chi connectivity index (χ2n) is 7.63. The fourth-order valence-corrected chi connectivity index (χ4v) is 4.30. The van der Waals surface area contributed by atoms with Crippen molar-refractivity contribution in [1.82, 2.24) is 10.4 Å².